The van der Waals surface area contributed by atoms with Gasteiger partial charge in [0.05, 0.1) is 13.2 Å². The van der Waals surface area contributed by atoms with Crippen LogP contribution < -0.4 is 10.0 Å². The summed E-state index contributed by atoms with van der Waals surface area (Å²) < 4.78 is 22.2. The molecule has 0 radical (unpaired) electrons. The molecule has 1 rings (SSSR count). The summed E-state index contributed by atoms with van der Waals surface area (Å²) >= 11 is 0. The largest absolute Gasteiger partial charge is 0.496 e. The lowest BCUT2D eigenvalue weighted by atomic mass is 10.3. The maximum atomic E-state index is 12.0. The first-order valence-electron chi connectivity index (χ1n) is 5.16. The van der Waals surface area contributed by atoms with Gasteiger partial charge in [-0.3, -0.25) is 4.57 Å². The van der Waals surface area contributed by atoms with Crippen molar-refractivity contribution in [3.63, 3.8) is 0 Å². The predicted octanol–water partition coefficient (Wildman–Crippen LogP) is 2.32. The number of ether oxygens (including phenoxy) is 1. The quantitative estimate of drug-likeness (QED) is 0.807. The highest BCUT2D eigenvalue weighted by atomic mass is 31.2. The van der Waals surface area contributed by atoms with Crippen molar-refractivity contribution in [2.45, 2.75) is 26.4 Å². The van der Waals surface area contributed by atoms with Crippen LogP contribution in [0.15, 0.2) is 24.3 Å². The van der Waals surface area contributed by atoms with E-state index in [0.29, 0.717) is 12.2 Å². The Balaban J connectivity index is 3.01. The number of hydrogen-bond donors (Lipinski definition) is 1. The first-order valence-corrected chi connectivity index (χ1v) is 6.73. The Hall–Kier alpha value is -0.830. The first-order chi connectivity index (χ1) is 7.51. The number of para-hydroxylation sites is 1. The Labute approximate surface area is 95.7 Å². The molecule has 4 nitrogen and oxygen atoms in total. The maximum Gasteiger partial charge on any atom is 0.362 e. The fourth-order valence-electron chi connectivity index (χ4n) is 1.24. The van der Waals surface area contributed by atoms with Crippen LogP contribution in [-0.2, 0) is 9.09 Å². The van der Waals surface area contributed by atoms with Crippen molar-refractivity contribution in [3.8, 4) is 5.75 Å². The Kier molecular flexibility index (Phi) is 4.54. The second kappa shape index (κ2) is 5.48. The minimum absolute atomic E-state index is 0.206. The summed E-state index contributed by atoms with van der Waals surface area (Å²) in [6.07, 6.45) is 0.417. The van der Waals surface area contributed by atoms with E-state index in [1.54, 1.807) is 31.2 Å². The molecule has 2 unspecified atom stereocenters. The Morgan fingerprint density at radius 1 is 1.44 bits per heavy atom. The summed E-state index contributed by atoms with van der Waals surface area (Å²) in [6.45, 7) is 3.66. The topological polar surface area (TPSA) is 55.8 Å². The van der Waals surface area contributed by atoms with Gasteiger partial charge in [0.25, 0.3) is 0 Å². The average molecular weight is 244 g/mol. The van der Waals surface area contributed by atoms with Gasteiger partial charge >= 0.3 is 7.60 Å². The average Bonchev–Trinajstić information content (AvgIpc) is 2.28. The highest BCUT2D eigenvalue weighted by Gasteiger charge is 2.28. The van der Waals surface area contributed by atoms with Gasteiger partial charge in [0.1, 0.15) is 11.1 Å². The third kappa shape index (κ3) is 3.08. The molecule has 0 saturated heterocycles. The second-order valence-corrected chi connectivity index (χ2v) is 5.25. The van der Waals surface area contributed by atoms with Crippen molar-refractivity contribution in [1.29, 1.82) is 0 Å². The van der Waals surface area contributed by atoms with Crippen LogP contribution in [0.25, 0.3) is 0 Å². The Bertz CT molecular complexity index is 391. The SMILES string of the molecule is CCC(C)OP(=O)(O)c1ccccc1OC. The Morgan fingerprint density at radius 3 is 2.62 bits per heavy atom. The zero-order valence-corrected chi connectivity index (χ0v) is 10.6. The smallest absolute Gasteiger partial charge is 0.362 e. The van der Waals surface area contributed by atoms with E-state index in [1.807, 2.05) is 6.92 Å². The summed E-state index contributed by atoms with van der Waals surface area (Å²) in [4.78, 5) is 9.85. The van der Waals surface area contributed by atoms with Gasteiger partial charge in [-0.2, -0.15) is 0 Å². The fourth-order valence-corrected chi connectivity index (χ4v) is 2.71. The molecule has 2 atom stereocenters. The van der Waals surface area contributed by atoms with Crippen LogP contribution in [-0.4, -0.2) is 18.1 Å². The third-order valence-corrected chi connectivity index (χ3v) is 3.91. The van der Waals surface area contributed by atoms with Crippen LogP contribution in [0.1, 0.15) is 20.3 Å². The van der Waals surface area contributed by atoms with Gasteiger partial charge in [-0.1, -0.05) is 19.1 Å². The highest BCUT2D eigenvalue weighted by molar-refractivity contribution is 7.61. The van der Waals surface area contributed by atoms with Crippen molar-refractivity contribution < 1.29 is 18.7 Å². The van der Waals surface area contributed by atoms with Crippen molar-refractivity contribution in [2.75, 3.05) is 7.11 Å². The lowest BCUT2D eigenvalue weighted by Crippen LogP contribution is -2.14. The summed E-state index contributed by atoms with van der Waals surface area (Å²) in [5.74, 6) is 0.372. The van der Waals surface area contributed by atoms with Crippen molar-refractivity contribution in [3.05, 3.63) is 24.3 Å². The Morgan fingerprint density at radius 2 is 2.06 bits per heavy atom. The molecule has 0 aromatic heterocycles. The lowest BCUT2D eigenvalue weighted by Gasteiger charge is -2.18. The minimum Gasteiger partial charge on any atom is -0.496 e. The number of methoxy groups -OCH3 is 1. The van der Waals surface area contributed by atoms with E-state index in [9.17, 15) is 9.46 Å². The molecule has 1 N–H and O–H groups in total. The monoisotopic (exact) mass is 244 g/mol. The molecule has 0 aliphatic carbocycles. The predicted molar refractivity (Wildman–Crippen MR) is 63.3 cm³/mol. The van der Waals surface area contributed by atoms with Crippen LogP contribution in [0.4, 0.5) is 0 Å². The third-order valence-electron chi connectivity index (χ3n) is 2.29. The molecule has 16 heavy (non-hydrogen) atoms. The standard InChI is InChI=1S/C11H17O4P/c1-4-9(2)15-16(12,13)11-8-6-5-7-10(11)14-3/h5-9H,4H2,1-3H3,(H,12,13). The van der Waals surface area contributed by atoms with Crippen LogP contribution in [0.2, 0.25) is 0 Å². The van der Waals surface area contributed by atoms with Gasteiger partial charge in [-0.05, 0) is 25.5 Å². The molecule has 90 valence electrons. The summed E-state index contributed by atoms with van der Waals surface area (Å²) in [5, 5.41) is 0.206. The number of benzene rings is 1. The molecular formula is C11H17O4P. The zero-order chi connectivity index (χ0) is 12.2. The summed E-state index contributed by atoms with van der Waals surface area (Å²) in [5.41, 5.74) is 0. The van der Waals surface area contributed by atoms with Gasteiger partial charge in [-0.15, -0.1) is 0 Å². The summed E-state index contributed by atoms with van der Waals surface area (Å²) in [6, 6.07) is 6.60. The molecule has 0 aliphatic heterocycles. The lowest BCUT2D eigenvalue weighted by molar-refractivity contribution is 0.192. The molecule has 1 aromatic carbocycles. The molecule has 0 bridgehead atoms. The molecular weight excluding hydrogens is 227 g/mol. The fraction of sp³-hybridized carbons (Fsp3) is 0.455. The molecule has 0 saturated carbocycles. The van der Waals surface area contributed by atoms with E-state index in [1.165, 1.54) is 7.11 Å². The molecule has 5 heteroatoms. The normalized spacial score (nSPS) is 16.5. The van der Waals surface area contributed by atoms with Gasteiger partial charge < -0.3 is 14.2 Å². The number of rotatable bonds is 5. The van der Waals surface area contributed by atoms with Gasteiger partial charge in [0.2, 0.25) is 0 Å². The van der Waals surface area contributed by atoms with E-state index in [-0.39, 0.29) is 11.4 Å². The van der Waals surface area contributed by atoms with Crippen molar-refractivity contribution in [2.24, 2.45) is 0 Å². The molecule has 0 heterocycles. The van der Waals surface area contributed by atoms with Crippen LogP contribution >= 0.6 is 7.60 Å². The van der Waals surface area contributed by atoms with E-state index in [2.05, 4.69) is 0 Å². The molecule has 0 spiro atoms. The minimum atomic E-state index is -3.80. The van der Waals surface area contributed by atoms with E-state index in [4.69, 9.17) is 9.26 Å². The van der Waals surface area contributed by atoms with E-state index in [0.717, 1.165) is 0 Å². The molecule has 0 aliphatic rings. The van der Waals surface area contributed by atoms with E-state index < -0.39 is 7.60 Å². The summed E-state index contributed by atoms with van der Waals surface area (Å²) in [7, 11) is -2.34. The second-order valence-electron chi connectivity index (χ2n) is 3.52. The molecule has 0 fully saturated rings. The molecule has 0 amide bonds. The van der Waals surface area contributed by atoms with Crippen LogP contribution in [0.3, 0.4) is 0 Å². The van der Waals surface area contributed by atoms with Crippen LogP contribution in [0.5, 0.6) is 5.75 Å². The first kappa shape index (κ1) is 13.2. The van der Waals surface area contributed by atoms with E-state index >= 15 is 0 Å². The van der Waals surface area contributed by atoms with Gasteiger partial charge in [0.15, 0.2) is 0 Å². The maximum absolute atomic E-state index is 12.0. The van der Waals surface area contributed by atoms with Gasteiger partial charge in [-0.25, -0.2) is 0 Å². The van der Waals surface area contributed by atoms with Crippen molar-refractivity contribution >= 4 is 12.9 Å². The van der Waals surface area contributed by atoms with Crippen LogP contribution in [0, 0.1) is 0 Å². The highest BCUT2D eigenvalue weighted by Crippen LogP contribution is 2.45. The number of hydrogen-bond acceptors (Lipinski definition) is 3. The van der Waals surface area contributed by atoms with Crippen molar-refractivity contribution in [1.82, 2.24) is 0 Å². The molecule has 1 aromatic rings. The zero-order valence-electron chi connectivity index (χ0n) is 9.71. The van der Waals surface area contributed by atoms with Gasteiger partial charge in [0, 0.05) is 0 Å².